The highest BCUT2D eigenvalue weighted by Crippen LogP contribution is 2.35. The van der Waals surface area contributed by atoms with Gasteiger partial charge in [0.15, 0.2) is 11.0 Å². The summed E-state index contributed by atoms with van der Waals surface area (Å²) in [6.45, 7) is 1.77. The zero-order valence-electron chi connectivity index (χ0n) is 17.6. The summed E-state index contributed by atoms with van der Waals surface area (Å²) in [6.07, 6.45) is 0. The van der Waals surface area contributed by atoms with E-state index in [0.29, 0.717) is 26.7 Å². The first-order valence-corrected chi connectivity index (χ1v) is 12.6. The Morgan fingerprint density at radius 2 is 2.06 bits per heavy atom. The van der Waals surface area contributed by atoms with Crippen molar-refractivity contribution in [1.82, 2.24) is 19.5 Å². The predicted molar refractivity (Wildman–Crippen MR) is 135 cm³/mol. The summed E-state index contributed by atoms with van der Waals surface area (Å²) < 4.78 is 1.49. The number of fused-ring (bicyclic) bond motifs is 2. The van der Waals surface area contributed by atoms with E-state index in [2.05, 4.69) is 16.0 Å². The molecule has 7 nitrogen and oxygen atoms in total. The van der Waals surface area contributed by atoms with E-state index in [1.807, 2.05) is 47.2 Å². The largest absolute Gasteiger partial charge is 0.510 e. The summed E-state index contributed by atoms with van der Waals surface area (Å²) in [6, 6.07) is 13.4. The monoisotopic (exact) mass is 491 g/mol. The average molecular weight is 492 g/mol. The van der Waals surface area contributed by atoms with Crippen LogP contribution in [0, 0.1) is 11.3 Å². The summed E-state index contributed by atoms with van der Waals surface area (Å²) in [7, 11) is 1.67. The van der Waals surface area contributed by atoms with Crippen LogP contribution in [0.5, 0.6) is 0 Å². The lowest BCUT2D eigenvalue weighted by atomic mass is 10.2. The molecular weight excluding hydrogens is 474 g/mol. The van der Waals surface area contributed by atoms with Crippen LogP contribution in [0.25, 0.3) is 37.3 Å². The molecule has 0 fully saturated rings. The van der Waals surface area contributed by atoms with Gasteiger partial charge in [0, 0.05) is 22.9 Å². The summed E-state index contributed by atoms with van der Waals surface area (Å²) in [5.74, 6) is 0.182. The van der Waals surface area contributed by atoms with E-state index in [1.54, 1.807) is 25.3 Å². The van der Waals surface area contributed by atoms with Crippen molar-refractivity contribution in [2.45, 2.75) is 17.3 Å². The molecule has 0 saturated heterocycles. The molecule has 0 bridgehead atoms. The number of hydrogen-bond acceptors (Lipinski definition) is 8. The number of thioether (sulfide) groups is 1. The van der Waals surface area contributed by atoms with Crippen LogP contribution in [0.4, 0.5) is 0 Å². The Labute approximate surface area is 200 Å². The number of aromatic nitrogens is 4. The second-order valence-electron chi connectivity index (χ2n) is 7.30. The number of nitriles is 1. The first-order valence-electron chi connectivity index (χ1n) is 9.95. The van der Waals surface area contributed by atoms with E-state index in [-0.39, 0.29) is 16.9 Å². The van der Waals surface area contributed by atoms with E-state index < -0.39 is 5.25 Å². The Hall–Kier alpha value is -3.39. The van der Waals surface area contributed by atoms with Crippen molar-refractivity contribution < 1.29 is 5.11 Å². The Morgan fingerprint density at radius 1 is 1.24 bits per heavy atom. The first kappa shape index (κ1) is 21.5. The Bertz CT molecular complexity index is 1590. The van der Waals surface area contributed by atoms with Gasteiger partial charge in [-0.15, -0.1) is 22.7 Å². The molecule has 0 aliphatic heterocycles. The lowest BCUT2D eigenvalue weighted by Crippen LogP contribution is -2.20. The highest BCUT2D eigenvalue weighted by Gasteiger charge is 2.22. The lowest BCUT2D eigenvalue weighted by Gasteiger charge is -2.13. The van der Waals surface area contributed by atoms with Crippen molar-refractivity contribution in [3.05, 3.63) is 69.1 Å². The molecule has 1 unspecified atom stereocenters. The number of imidazole rings is 1. The van der Waals surface area contributed by atoms with Crippen molar-refractivity contribution in [2.75, 3.05) is 0 Å². The number of thiophene rings is 2. The zero-order chi connectivity index (χ0) is 23.1. The minimum absolute atomic E-state index is 0.0633. The van der Waals surface area contributed by atoms with Crippen LogP contribution in [0.15, 0.2) is 62.9 Å². The van der Waals surface area contributed by atoms with Gasteiger partial charge in [-0.2, -0.15) is 5.26 Å². The van der Waals surface area contributed by atoms with Crippen molar-refractivity contribution in [3.63, 3.8) is 0 Å². The third-order valence-corrected chi connectivity index (χ3v) is 8.15. The van der Waals surface area contributed by atoms with Gasteiger partial charge in [0.05, 0.1) is 21.7 Å². The van der Waals surface area contributed by atoms with Crippen LogP contribution in [0.3, 0.4) is 0 Å². The normalized spacial score (nSPS) is 13.2. The van der Waals surface area contributed by atoms with E-state index >= 15 is 0 Å². The van der Waals surface area contributed by atoms with E-state index in [4.69, 9.17) is 4.98 Å². The van der Waals surface area contributed by atoms with E-state index in [9.17, 15) is 15.2 Å². The van der Waals surface area contributed by atoms with E-state index in [1.165, 1.54) is 27.7 Å². The molecule has 0 spiro atoms. The summed E-state index contributed by atoms with van der Waals surface area (Å²) in [5, 5.41) is 25.1. The zero-order valence-corrected chi connectivity index (χ0v) is 20.0. The maximum atomic E-state index is 13.2. The fourth-order valence-corrected chi connectivity index (χ4v) is 6.23. The summed E-state index contributed by atoms with van der Waals surface area (Å²) in [5.41, 5.74) is 2.31. The van der Waals surface area contributed by atoms with Gasteiger partial charge in [-0.25, -0.2) is 9.97 Å². The predicted octanol–water partition coefficient (Wildman–Crippen LogP) is 5.57. The number of hydrogen-bond donors (Lipinski definition) is 2. The molecule has 0 amide bonds. The number of nitrogens with one attached hydrogen (secondary N) is 1. The van der Waals surface area contributed by atoms with E-state index in [0.717, 1.165) is 16.0 Å². The van der Waals surface area contributed by atoms with Crippen molar-refractivity contribution >= 4 is 61.3 Å². The molecule has 0 aliphatic rings. The van der Waals surface area contributed by atoms with Crippen LogP contribution in [0.1, 0.15) is 12.7 Å². The number of nitrogens with zero attached hydrogens (tertiary/aromatic N) is 4. The topological polar surface area (TPSA) is 108 Å². The molecule has 164 valence electrons. The number of benzene rings is 1. The molecule has 0 aliphatic carbocycles. The quantitative estimate of drug-likeness (QED) is 0.144. The Kier molecular flexibility index (Phi) is 5.54. The van der Waals surface area contributed by atoms with Crippen LogP contribution in [-0.2, 0) is 7.05 Å². The number of rotatable bonds is 5. The van der Waals surface area contributed by atoms with Gasteiger partial charge in [0.2, 0.25) is 0 Å². The van der Waals surface area contributed by atoms with Crippen LogP contribution in [-0.4, -0.2) is 29.9 Å². The van der Waals surface area contributed by atoms with Gasteiger partial charge in [0.25, 0.3) is 5.56 Å². The Morgan fingerprint density at radius 3 is 2.79 bits per heavy atom. The fraction of sp³-hybridized carbons (Fsp3) is 0.130. The first-order chi connectivity index (χ1) is 16.0. The number of allylic oxidation sites excluding steroid dienone is 1. The van der Waals surface area contributed by atoms with Gasteiger partial charge in [-0.1, -0.05) is 30.0 Å². The molecule has 10 heteroatoms. The molecule has 1 aromatic carbocycles. The number of aliphatic hydroxyl groups is 1. The second kappa shape index (κ2) is 8.51. The highest BCUT2D eigenvalue weighted by molar-refractivity contribution is 8.00. The molecule has 5 rings (SSSR count). The maximum Gasteiger partial charge on any atom is 0.263 e. The van der Waals surface area contributed by atoms with Crippen LogP contribution >= 0.6 is 34.4 Å². The standard InChI is InChI=1S/C23H17N5O2S3/c1-12(19(29)13(10-24)20-25-15-6-3-4-7-16(15)26-20)33-23-27-21-18(22(30)28(23)2)14(11-32-21)17-8-5-9-31-17/h3-9,11-12,29H,1-2H3,(H,25,26)/b19-13-. The molecule has 4 aromatic heterocycles. The van der Waals surface area contributed by atoms with Crippen molar-refractivity contribution in [2.24, 2.45) is 7.05 Å². The molecule has 0 radical (unpaired) electrons. The van der Waals surface area contributed by atoms with Crippen LogP contribution in [0.2, 0.25) is 0 Å². The van der Waals surface area contributed by atoms with Gasteiger partial charge in [-0.05, 0) is 30.5 Å². The SMILES string of the molecule is CC(Sc1nc2scc(-c3cccs3)c2c(=O)n1C)/C(O)=C(\C#N)c1nc2ccccc2[nH]1. The minimum atomic E-state index is -0.528. The molecule has 33 heavy (non-hydrogen) atoms. The molecule has 2 N–H and O–H groups in total. The average Bonchev–Trinajstić information content (AvgIpc) is 3.56. The molecule has 0 saturated carbocycles. The highest BCUT2D eigenvalue weighted by atomic mass is 32.2. The van der Waals surface area contributed by atoms with Gasteiger partial charge < -0.3 is 10.1 Å². The third-order valence-electron chi connectivity index (χ3n) is 5.22. The number of para-hydroxylation sites is 2. The van der Waals surface area contributed by atoms with Gasteiger partial charge in [0.1, 0.15) is 22.2 Å². The van der Waals surface area contributed by atoms with Crippen molar-refractivity contribution in [3.8, 4) is 16.5 Å². The molecule has 1 atom stereocenters. The van der Waals surface area contributed by atoms with Gasteiger partial charge in [-0.3, -0.25) is 9.36 Å². The molecule has 4 heterocycles. The lowest BCUT2D eigenvalue weighted by molar-refractivity contribution is 0.401. The smallest absolute Gasteiger partial charge is 0.263 e. The van der Waals surface area contributed by atoms with Crippen molar-refractivity contribution in [1.29, 1.82) is 5.26 Å². The second-order valence-corrected chi connectivity index (χ2v) is 10.4. The third kappa shape index (κ3) is 3.74. The number of H-pyrrole nitrogens is 1. The Balaban J connectivity index is 1.51. The number of aliphatic hydroxyl groups excluding tert-OH is 1. The maximum absolute atomic E-state index is 13.2. The molecular formula is C23H17N5O2S3. The minimum Gasteiger partial charge on any atom is -0.510 e. The molecule has 5 aromatic rings. The summed E-state index contributed by atoms with van der Waals surface area (Å²) >= 11 is 4.22. The van der Waals surface area contributed by atoms with Gasteiger partial charge >= 0.3 is 0 Å². The number of aromatic amines is 1. The fourth-order valence-electron chi connectivity index (χ4n) is 3.49. The summed E-state index contributed by atoms with van der Waals surface area (Å²) in [4.78, 5) is 27.0. The van der Waals surface area contributed by atoms with Crippen LogP contribution < -0.4 is 5.56 Å².